The average molecular weight is 255 g/mol. The Morgan fingerprint density at radius 1 is 1.26 bits per heavy atom. The van der Waals surface area contributed by atoms with E-state index in [1.165, 1.54) is 6.42 Å². The van der Waals surface area contributed by atoms with Crippen LogP contribution < -0.4 is 0 Å². The lowest BCUT2D eigenvalue weighted by Crippen LogP contribution is -2.40. The molecule has 1 aromatic heterocycles. The number of rotatable bonds is 1. The van der Waals surface area contributed by atoms with Crippen molar-refractivity contribution >= 4 is 10.9 Å². The van der Waals surface area contributed by atoms with Crippen LogP contribution in [0.15, 0.2) is 36.5 Å². The lowest BCUT2D eigenvalue weighted by molar-refractivity contribution is -0.0687. The third-order valence-corrected chi connectivity index (χ3v) is 4.93. The summed E-state index contributed by atoms with van der Waals surface area (Å²) < 4.78 is 0. The van der Waals surface area contributed by atoms with Gasteiger partial charge in [0.15, 0.2) is 0 Å². The van der Waals surface area contributed by atoms with Crippen LogP contribution in [0.25, 0.3) is 10.9 Å². The molecule has 3 atom stereocenters. The van der Waals surface area contributed by atoms with Gasteiger partial charge in [-0.15, -0.1) is 0 Å². The van der Waals surface area contributed by atoms with Crippen LogP contribution in [-0.4, -0.2) is 10.1 Å². The van der Waals surface area contributed by atoms with Crippen LogP contribution in [0.5, 0.6) is 0 Å². The SMILES string of the molecule is CC1CCCC(O)(c2ccc3ncccc3c2)C1C. The Morgan fingerprint density at radius 3 is 2.95 bits per heavy atom. The normalized spacial score (nSPS) is 31.5. The van der Waals surface area contributed by atoms with Crippen LogP contribution in [0.1, 0.15) is 38.7 Å². The summed E-state index contributed by atoms with van der Waals surface area (Å²) in [5.41, 5.74) is 1.36. The first-order valence-corrected chi connectivity index (χ1v) is 7.19. The van der Waals surface area contributed by atoms with Crippen LogP contribution >= 0.6 is 0 Å². The maximum absolute atomic E-state index is 11.1. The zero-order valence-electron chi connectivity index (χ0n) is 11.6. The Kier molecular flexibility index (Phi) is 3.06. The molecular formula is C17H21NO. The molecule has 2 nitrogen and oxygen atoms in total. The van der Waals surface area contributed by atoms with Crippen molar-refractivity contribution in [3.63, 3.8) is 0 Å². The molecule has 0 bridgehead atoms. The second-order valence-electron chi connectivity index (χ2n) is 5.99. The Hall–Kier alpha value is -1.41. The predicted octanol–water partition coefficient (Wildman–Crippen LogP) is 3.88. The van der Waals surface area contributed by atoms with Crippen molar-refractivity contribution in [3.8, 4) is 0 Å². The molecule has 2 aromatic rings. The Morgan fingerprint density at radius 2 is 2.11 bits per heavy atom. The van der Waals surface area contributed by atoms with Gasteiger partial charge in [-0.1, -0.05) is 32.4 Å². The highest BCUT2D eigenvalue weighted by Gasteiger charge is 2.41. The standard InChI is InChI=1S/C17H21NO/c1-12-5-3-9-17(19,13(12)2)15-7-8-16-14(11-15)6-4-10-18-16/h4,6-8,10-13,19H,3,5,9H2,1-2H3. The fourth-order valence-corrected chi connectivity index (χ4v) is 3.39. The van der Waals surface area contributed by atoms with Gasteiger partial charge in [-0.3, -0.25) is 4.98 Å². The average Bonchev–Trinajstić information content (AvgIpc) is 2.44. The molecule has 1 heterocycles. The predicted molar refractivity (Wildman–Crippen MR) is 77.8 cm³/mol. The summed E-state index contributed by atoms with van der Waals surface area (Å²) in [5, 5.41) is 12.2. The first-order chi connectivity index (χ1) is 9.11. The molecule has 1 N–H and O–H groups in total. The molecule has 0 aliphatic heterocycles. The molecule has 1 saturated carbocycles. The van der Waals surface area contributed by atoms with Gasteiger partial charge in [0.2, 0.25) is 0 Å². The van der Waals surface area contributed by atoms with E-state index in [-0.39, 0.29) is 0 Å². The number of hydrogen-bond acceptors (Lipinski definition) is 2. The molecule has 0 amide bonds. The maximum atomic E-state index is 11.1. The summed E-state index contributed by atoms with van der Waals surface area (Å²) in [6.07, 6.45) is 5.00. The number of nitrogens with zero attached hydrogens (tertiary/aromatic N) is 1. The van der Waals surface area contributed by atoms with E-state index in [0.717, 1.165) is 29.3 Å². The maximum Gasteiger partial charge on any atom is 0.0924 e. The fraction of sp³-hybridized carbons (Fsp3) is 0.471. The molecule has 2 heteroatoms. The molecule has 1 aromatic carbocycles. The van der Waals surface area contributed by atoms with Crippen molar-refractivity contribution in [1.82, 2.24) is 4.98 Å². The van der Waals surface area contributed by atoms with E-state index in [1.807, 2.05) is 24.4 Å². The smallest absolute Gasteiger partial charge is 0.0924 e. The Labute approximate surface area is 114 Å². The summed E-state index contributed by atoms with van der Waals surface area (Å²) in [4.78, 5) is 4.34. The lowest BCUT2D eigenvalue weighted by atomic mass is 9.67. The van der Waals surface area contributed by atoms with Gasteiger partial charge in [0, 0.05) is 11.6 Å². The molecule has 3 unspecified atom stereocenters. The number of aliphatic hydroxyl groups is 1. The first kappa shape index (κ1) is 12.6. The van der Waals surface area contributed by atoms with Crippen molar-refractivity contribution in [1.29, 1.82) is 0 Å². The van der Waals surface area contributed by atoms with Crippen molar-refractivity contribution in [2.45, 2.75) is 38.7 Å². The van der Waals surface area contributed by atoms with Gasteiger partial charge in [-0.2, -0.15) is 0 Å². The molecule has 0 saturated heterocycles. The molecule has 3 rings (SSSR count). The monoisotopic (exact) mass is 255 g/mol. The number of aromatic nitrogens is 1. The van der Waals surface area contributed by atoms with Crippen molar-refractivity contribution in [3.05, 3.63) is 42.1 Å². The summed E-state index contributed by atoms with van der Waals surface area (Å²) >= 11 is 0. The van der Waals surface area contributed by atoms with Crippen LogP contribution in [0.2, 0.25) is 0 Å². The van der Waals surface area contributed by atoms with Gasteiger partial charge in [0.25, 0.3) is 0 Å². The van der Waals surface area contributed by atoms with Crippen molar-refractivity contribution < 1.29 is 5.11 Å². The zero-order chi connectivity index (χ0) is 13.5. The van der Waals surface area contributed by atoms with Crippen LogP contribution in [0.4, 0.5) is 0 Å². The largest absolute Gasteiger partial charge is 0.385 e. The van der Waals surface area contributed by atoms with E-state index in [0.29, 0.717) is 11.8 Å². The molecule has 1 fully saturated rings. The lowest BCUT2D eigenvalue weighted by Gasteiger charge is -2.42. The fourth-order valence-electron chi connectivity index (χ4n) is 3.39. The summed E-state index contributed by atoms with van der Waals surface area (Å²) in [7, 11) is 0. The van der Waals surface area contributed by atoms with Gasteiger partial charge in [0.1, 0.15) is 0 Å². The Bertz CT molecular complexity index is 595. The minimum atomic E-state index is -0.679. The number of fused-ring (bicyclic) bond motifs is 1. The van der Waals surface area contributed by atoms with Gasteiger partial charge < -0.3 is 5.11 Å². The number of hydrogen-bond donors (Lipinski definition) is 1. The van der Waals surface area contributed by atoms with Crippen LogP contribution in [0.3, 0.4) is 0 Å². The summed E-state index contributed by atoms with van der Waals surface area (Å²) in [6.45, 7) is 4.43. The van der Waals surface area contributed by atoms with E-state index >= 15 is 0 Å². The highest BCUT2D eigenvalue weighted by atomic mass is 16.3. The van der Waals surface area contributed by atoms with E-state index < -0.39 is 5.60 Å². The molecule has 0 radical (unpaired) electrons. The highest BCUT2D eigenvalue weighted by Crippen LogP contribution is 2.44. The van der Waals surface area contributed by atoms with Crippen molar-refractivity contribution in [2.24, 2.45) is 11.8 Å². The topological polar surface area (TPSA) is 33.1 Å². The van der Waals surface area contributed by atoms with Crippen molar-refractivity contribution in [2.75, 3.05) is 0 Å². The van der Waals surface area contributed by atoms with Gasteiger partial charge in [0.05, 0.1) is 11.1 Å². The van der Waals surface area contributed by atoms with E-state index in [1.54, 1.807) is 0 Å². The molecule has 0 spiro atoms. The molecule has 19 heavy (non-hydrogen) atoms. The van der Waals surface area contributed by atoms with Crippen LogP contribution in [0, 0.1) is 11.8 Å². The Balaban J connectivity index is 2.07. The molecule has 100 valence electrons. The first-order valence-electron chi connectivity index (χ1n) is 7.19. The van der Waals surface area contributed by atoms with E-state index in [2.05, 4.69) is 31.0 Å². The second-order valence-corrected chi connectivity index (χ2v) is 5.99. The zero-order valence-corrected chi connectivity index (χ0v) is 11.6. The van der Waals surface area contributed by atoms with Crippen LogP contribution in [-0.2, 0) is 5.60 Å². The number of pyridine rings is 1. The third-order valence-electron chi connectivity index (χ3n) is 4.93. The summed E-state index contributed by atoms with van der Waals surface area (Å²) in [6, 6.07) is 10.2. The quantitative estimate of drug-likeness (QED) is 0.839. The third kappa shape index (κ3) is 2.04. The highest BCUT2D eigenvalue weighted by molar-refractivity contribution is 5.79. The molecule has 1 aliphatic carbocycles. The molecular weight excluding hydrogens is 234 g/mol. The van der Waals surface area contributed by atoms with E-state index in [4.69, 9.17) is 0 Å². The van der Waals surface area contributed by atoms with Gasteiger partial charge in [-0.05, 0) is 48.4 Å². The van der Waals surface area contributed by atoms with E-state index in [9.17, 15) is 5.11 Å². The number of benzene rings is 1. The van der Waals surface area contributed by atoms with Gasteiger partial charge >= 0.3 is 0 Å². The minimum absolute atomic E-state index is 0.301. The summed E-state index contributed by atoms with van der Waals surface area (Å²) in [5.74, 6) is 0.874. The second kappa shape index (κ2) is 4.61. The minimum Gasteiger partial charge on any atom is -0.385 e. The van der Waals surface area contributed by atoms with Gasteiger partial charge in [-0.25, -0.2) is 0 Å². The molecule has 1 aliphatic rings.